The van der Waals surface area contributed by atoms with Crippen LogP contribution in [-0.4, -0.2) is 28.5 Å². The molecule has 0 spiro atoms. The number of aromatic nitrogens is 1. The maximum atomic E-state index is 12.7. The van der Waals surface area contributed by atoms with Gasteiger partial charge in [0.15, 0.2) is 0 Å². The molecule has 1 aliphatic heterocycles. The maximum Gasteiger partial charge on any atom is 0.259 e. The van der Waals surface area contributed by atoms with Crippen molar-refractivity contribution in [2.75, 3.05) is 13.1 Å². The quantitative estimate of drug-likeness (QED) is 0.869. The van der Waals surface area contributed by atoms with E-state index in [4.69, 9.17) is 0 Å². The molecule has 21 heavy (non-hydrogen) atoms. The van der Waals surface area contributed by atoms with E-state index in [9.17, 15) is 9.59 Å². The normalized spacial score (nSPS) is 16.4. The fraction of sp³-hybridized carbons (Fsp3) is 0.412. The monoisotopic (exact) mass is 284 g/mol. The summed E-state index contributed by atoms with van der Waals surface area (Å²) in [6.45, 7) is 7.21. The molecule has 4 heteroatoms. The van der Waals surface area contributed by atoms with E-state index in [1.165, 1.54) is 5.56 Å². The summed E-state index contributed by atoms with van der Waals surface area (Å²) in [7, 11) is 0. The van der Waals surface area contributed by atoms with Gasteiger partial charge in [-0.1, -0.05) is 12.1 Å². The molecule has 0 fully saturated rings. The van der Waals surface area contributed by atoms with Gasteiger partial charge in [0.25, 0.3) is 5.91 Å². The van der Waals surface area contributed by atoms with Crippen LogP contribution in [0.4, 0.5) is 0 Å². The van der Waals surface area contributed by atoms with Gasteiger partial charge in [0, 0.05) is 30.7 Å². The zero-order valence-electron chi connectivity index (χ0n) is 12.7. The molecule has 1 aliphatic rings. The summed E-state index contributed by atoms with van der Waals surface area (Å²) in [5.74, 6) is -0.167. The molecule has 1 aromatic heterocycles. The van der Waals surface area contributed by atoms with Crippen molar-refractivity contribution in [3.8, 4) is 0 Å². The Balaban J connectivity index is 2.27. The van der Waals surface area contributed by atoms with E-state index < -0.39 is 0 Å². The Morgan fingerprint density at radius 3 is 2.71 bits per heavy atom. The number of hydrogen-bond acceptors (Lipinski definition) is 2. The zero-order valence-corrected chi connectivity index (χ0v) is 12.7. The summed E-state index contributed by atoms with van der Waals surface area (Å²) in [5, 5.41) is 0.662. The van der Waals surface area contributed by atoms with Crippen molar-refractivity contribution in [1.29, 1.82) is 0 Å². The number of nitrogens with zero attached hydrogens (tertiary/aromatic N) is 2. The predicted octanol–water partition coefficient (Wildman–Crippen LogP) is 2.60. The highest BCUT2D eigenvalue weighted by Gasteiger charge is 2.25. The van der Waals surface area contributed by atoms with Gasteiger partial charge in [-0.2, -0.15) is 0 Å². The van der Waals surface area contributed by atoms with Gasteiger partial charge in [-0.3, -0.25) is 9.59 Å². The first-order valence-electron chi connectivity index (χ1n) is 7.54. The molecular formula is C17H20N2O2. The molecule has 0 radical (unpaired) electrons. The predicted molar refractivity (Wildman–Crippen MR) is 83.9 cm³/mol. The van der Waals surface area contributed by atoms with E-state index in [0.29, 0.717) is 18.5 Å². The second-order valence-electron chi connectivity index (χ2n) is 5.62. The standard InChI is InChI=1S/C17H20N2O2/c1-4-18(5-2)17(21)14-10-19-11(3)9-12-7-6-8-13(15(12)19)16(14)20/h6-8,10-11H,4-5,9H2,1-3H3/t11-/m1/s1. The third-order valence-electron chi connectivity index (χ3n) is 4.41. The molecule has 110 valence electrons. The van der Waals surface area contributed by atoms with Gasteiger partial charge < -0.3 is 9.47 Å². The van der Waals surface area contributed by atoms with Gasteiger partial charge in [0.05, 0.1) is 5.52 Å². The third kappa shape index (κ3) is 1.97. The summed E-state index contributed by atoms with van der Waals surface area (Å²) < 4.78 is 2.09. The number of para-hydroxylation sites is 1. The highest BCUT2D eigenvalue weighted by atomic mass is 16.2. The Kier molecular flexibility index (Phi) is 3.32. The molecule has 0 N–H and O–H groups in total. The number of rotatable bonds is 3. The number of carbonyl (C=O) groups excluding carboxylic acids is 1. The first-order chi connectivity index (χ1) is 10.1. The lowest BCUT2D eigenvalue weighted by atomic mass is 10.1. The topological polar surface area (TPSA) is 42.3 Å². The average Bonchev–Trinajstić information content (AvgIpc) is 2.80. The van der Waals surface area contributed by atoms with Crippen LogP contribution in [0.25, 0.3) is 10.9 Å². The summed E-state index contributed by atoms with van der Waals surface area (Å²) in [5.41, 5.74) is 2.33. The van der Waals surface area contributed by atoms with Crippen LogP contribution in [0.1, 0.15) is 42.7 Å². The molecule has 0 bridgehead atoms. The maximum absolute atomic E-state index is 12.7. The van der Waals surface area contributed by atoms with Crippen LogP contribution in [0, 0.1) is 0 Å². The summed E-state index contributed by atoms with van der Waals surface area (Å²) >= 11 is 0. The van der Waals surface area contributed by atoms with Crippen molar-refractivity contribution in [2.45, 2.75) is 33.2 Å². The molecule has 2 aromatic rings. The van der Waals surface area contributed by atoms with E-state index in [0.717, 1.165) is 11.9 Å². The van der Waals surface area contributed by atoms with E-state index in [2.05, 4.69) is 17.6 Å². The highest BCUT2D eigenvalue weighted by Crippen LogP contribution is 2.30. The van der Waals surface area contributed by atoms with Gasteiger partial charge in [0.1, 0.15) is 5.56 Å². The molecule has 3 rings (SSSR count). The SMILES string of the molecule is CCN(CC)C(=O)c1cn2c3c(cccc3c1=O)C[C@H]2C. The second kappa shape index (κ2) is 5.02. The van der Waals surface area contributed by atoms with Crippen LogP contribution in [0.15, 0.2) is 29.2 Å². The Labute approximate surface area is 124 Å². The van der Waals surface area contributed by atoms with Crippen molar-refractivity contribution in [3.05, 3.63) is 45.7 Å². The Morgan fingerprint density at radius 2 is 2.05 bits per heavy atom. The van der Waals surface area contributed by atoms with Gasteiger partial charge in [-0.25, -0.2) is 0 Å². The van der Waals surface area contributed by atoms with E-state index in [1.54, 1.807) is 11.1 Å². The summed E-state index contributed by atoms with van der Waals surface area (Å²) in [6, 6.07) is 6.09. The fourth-order valence-corrected chi connectivity index (χ4v) is 3.25. The van der Waals surface area contributed by atoms with Crippen LogP contribution < -0.4 is 5.43 Å². The second-order valence-corrected chi connectivity index (χ2v) is 5.62. The first kappa shape index (κ1) is 13.9. The molecule has 1 atom stereocenters. The molecular weight excluding hydrogens is 264 g/mol. The van der Waals surface area contributed by atoms with E-state index >= 15 is 0 Å². The van der Waals surface area contributed by atoms with Gasteiger partial charge >= 0.3 is 0 Å². The Hall–Kier alpha value is -2.10. The number of hydrogen-bond donors (Lipinski definition) is 0. The molecule has 4 nitrogen and oxygen atoms in total. The van der Waals surface area contributed by atoms with Crippen molar-refractivity contribution in [2.24, 2.45) is 0 Å². The van der Waals surface area contributed by atoms with Crippen molar-refractivity contribution in [3.63, 3.8) is 0 Å². The minimum Gasteiger partial charge on any atom is -0.343 e. The number of amides is 1. The van der Waals surface area contributed by atoms with Gasteiger partial charge in [0.2, 0.25) is 5.43 Å². The van der Waals surface area contributed by atoms with Crippen LogP contribution in [0.2, 0.25) is 0 Å². The molecule has 1 amide bonds. The Bertz CT molecular complexity index is 772. The lowest BCUT2D eigenvalue weighted by Gasteiger charge is -2.19. The molecule has 0 aliphatic carbocycles. The van der Waals surface area contributed by atoms with Crippen LogP contribution in [0.3, 0.4) is 0 Å². The number of carbonyl (C=O) groups is 1. The average molecular weight is 284 g/mol. The van der Waals surface area contributed by atoms with E-state index in [-0.39, 0.29) is 22.9 Å². The molecule has 0 saturated carbocycles. The van der Waals surface area contributed by atoms with Crippen molar-refractivity contribution < 1.29 is 4.79 Å². The van der Waals surface area contributed by atoms with Crippen molar-refractivity contribution in [1.82, 2.24) is 9.47 Å². The highest BCUT2D eigenvalue weighted by molar-refractivity contribution is 5.98. The molecule has 2 heterocycles. The largest absolute Gasteiger partial charge is 0.343 e. The molecule has 0 unspecified atom stereocenters. The molecule has 1 aromatic carbocycles. The lowest BCUT2D eigenvalue weighted by molar-refractivity contribution is 0.0771. The number of pyridine rings is 1. The minimum atomic E-state index is -0.167. The van der Waals surface area contributed by atoms with Gasteiger partial charge in [-0.15, -0.1) is 0 Å². The van der Waals surface area contributed by atoms with E-state index in [1.807, 2.05) is 26.0 Å². The van der Waals surface area contributed by atoms with Crippen LogP contribution in [-0.2, 0) is 6.42 Å². The smallest absolute Gasteiger partial charge is 0.259 e. The molecule has 0 saturated heterocycles. The third-order valence-corrected chi connectivity index (χ3v) is 4.41. The fourth-order valence-electron chi connectivity index (χ4n) is 3.25. The minimum absolute atomic E-state index is 0.144. The Morgan fingerprint density at radius 1 is 1.33 bits per heavy atom. The first-order valence-corrected chi connectivity index (χ1v) is 7.54. The van der Waals surface area contributed by atoms with Gasteiger partial charge in [-0.05, 0) is 38.8 Å². The zero-order chi connectivity index (χ0) is 15.1. The van der Waals surface area contributed by atoms with Crippen LogP contribution >= 0.6 is 0 Å². The van der Waals surface area contributed by atoms with Crippen molar-refractivity contribution >= 4 is 16.8 Å². The summed E-state index contributed by atoms with van der Waals surface area (Å²) in [6.07, 6.45) is 2.67. The number of benzene rings is 1. The lowest BCUT2D eigenvalue weighted by Crippen LogP contribution is -2.34. The summed E-state index contributed by atoms with van der Waals surface area (Å²) in [4.78, 5) is 27.0. The van der Waals surface area contributed by atoms with Crippen LogP contribution in [0.5, 0.6) is 0 Å².